The Labute approximate surface area is 227 Å². The highest BCUT2D eigenvalue weighted by Gasteiger charge is 2.60. The standard InChI is InChI=1S/C31H30N4O4/c1-21(2)34-19-18-32-28(34)27(36)26(23-14-8-5-9-15-23)31(33-30(38)39-3)24-16-10-11-17-25(24)35(29(31)37)20-22-12-6-4-7-13-22/h4-19,21,26H,20H2,1-3H3,(H,33,38)/t26-,31-/m0/s1. The molecule has 4 aromatic rings. The molecule has 0 aliphatic carbocycles. The quantitative estimate of drug-likeness (QED) is 0.320. The summed E-state index contributed by atoms with van der Waals surface area (Å²) < 4.78 is 6.79. The SMILES string of the molecule is COC(=O)N[C@@]1([C@H](C(=O)c2nccn2C(C)C)c2ccccc2)C(=O)N(Cc2ccccc2)c2ccccc21. The fourth-order valence-electron chi connectivity index (χ4n) is 5.38. The van der Waals surface area contributed by atoms with E-state index in [0.717, 1.165) is 5.56 Å². The molecule has 2 heterocycles. The first-order valence-electron chi connectivity index (χ1n) is 12.8. The van der Waals surface area contributed by atoms with Crippen molar-refractivity contribution in [1.29, 1.82) is 0 Å². The van der Waals surface area contributed by atoms with Crippen LogP contribution in [0.1, 0.15) is 53.1 Å². The van der Waals surface area contributed by atoms with E-state index in [2.05, 4.69) is 10.3 Å². The molecule has 1 aliphatic heterocycles. The van der Waals surface area contributed by atoms with Crippen molar-refractivity contribution in [3.8, 4) is 0 Å². The van der Waals surface area contributed by atoms with Crippen molar-refractivity contribution in [2.75, 3.05) is 12.0 Å². The van der Waals surface area contributed by atoms with Gasteiger partial charge in [0.05, 0.1) is 25.3 Å². The molecule has 0 radical (unpaired) electrons. The molecule has 8 heteroatoms. The second kappa shape index (κ2) is 10.6. The van der Waals surface area contributed by atoms with Gasteiger partial charge in [-0.2, -0.15) is 0 Å². The molecule has 1 aliphatic rings. The van der Waals surface area contributed by atoms with Crippen LogP contribution < -0.4 is 10.2 Å². The molecule has 1 aromatic heterocycles. The molecule has 1 N–H and O–H groups in total. The number of imidazole rings is 1. The van der Waals surface area contributed by atoms with Gasteiger partial charge in [0.1, 0.15) is 0 Å². The van der Waals surface area contributed by atoms with Gasteiger partial charge in [0.15, 0.2) is 11.4 Å². The number of para-hydroxylation sites is 1. The molecule has 198 valence electrons. The summed E-state index contributed by atoms with van der Waals surface area (Å²) in [4.78, 5) is 48.3. The summed E-state index contributed by atoms with van der Waals surface area (Å²) in [6.45, 7) is 4.17. The molecule has 39 heavy (non-hydrogen) atoms. The summed E-state index contributed by atoms with van der Waals surface area (Å²) in [6.07, 6.45) is 2.49. The molecule has 8 nitrogen and oxygen atoms in total. The minimum Gasteiger partial charge on any atom is -0.453 e. The van der Waals surface area contributed by atoms with Crippen LogP contribution in [0, 0.1) is 0 Å². The minimum atomic E-state index is -1.79. The molecule has 0 unspecified atom stereocenters. The van der Waals surface area contributed by atoms with Crippen LogP contribution in [0.4, 0.5) is 10.5 Å². The highest BCUT2D eigenvalue weighted by molar-refractivity contribution is 6.15. The van der Waals surface area contributed by atoms with E-state index in [4.69, 9.17) is 4.74 Å². The van der Waals surface area contributed by atoms with Crippen LogP contribution in [0.5, 0.6) is 0 Å². The summed E-state index contributed by atoms with van der Waals surface area (Å²) >= 11 is 0. The van der Waals surface area contributed by atoms with E-state index >= 15 is 0 Å². The molecular formula is C31H30N4O4. The summed E-state index contributed by atoms with van der Waals surface area (Å²) in [7, 11) is 1.24. The largest absolute Gasteiger partial charge is 0.453 e. The fourth-order valence-corrected chi connectivity index (χ4v) is 5.38. The van der Waals surface area contributed by atoms with E-state index in [-0.39, 0.29) is 24.2 Å². The summed E-state index contributed by atoms with van der Waals surface area (Å²) in [5, 5.41) is 2.84. The Hall–Kier alpha value is -4.72. The van der Waals surface area contributed by atoms with Crippen molar-refractivity contribution in [2.45, 2.75) is 37.9 Å². The summed E-state index contributed by atoms with van der Waals surface area (Å²) in [6, 6.07) is 25.8. The third-order valence-electron chi connectivity index (χ3n) is 7.14. The normalized spacial score (nSPS) is 17.1. The lowest BCUT2D eigenvalue weighted by atomic mass is 9.72. The predicted octanol–water partition coefficient (Wildman–Crippen LogP) is 5.23. The van der Waals surface area contributed by atoms with Gasteiger partial charge >= 0.3 is 6.09 Å². The molecule has 0 saturated carbocycles. The third kappa shape index (κ3) is 4.48. The molecule has 2 amide bonds. The highest BCUT2D eigenvalue weighted by Crippen LogP contribution is 2.50. The molecule has 0 fully saturated rings. The first-order chi connectivity index (χ1) is 18.9. The molecule has 5 rings (SSSR count). The number of anilines is 1. The molecule has 3 aromatic carbocycles. The van der Waals surface area contributed by atoms with E-state index in [1.54, 1.807) is 46.1 Å². The van der Waals surface area contributed by atoms with Gasteiger partial charge in [-0.3, -0.25) is 9.59 Å². The number of amides is 2. The average molecular weight is 523 g/mol. The van der Waals surface area contributed by atoms with Gasteiger partial charge in [-0.15, -0.1) is 0 Å². The van der Waals surface area contributed by atoms with Crippen LogP contribution >= 0.6 is 0 Å². The monoisotopic (exact) mass is 522 g/mol. The zero-order valence-electron chi connectivity index (χ0n) is 22.1. The van der Waals surface area contributed by atoms with Crippen molar-refractivity contribution in [3.05, 3.63) is 120 Å². The van der Waals surface area contributed by atoms with Crippen LogP contribution in [0.25, 0.3) is 0 Å². The van der Waals surface area contributed by atoms with Gasteiger partial charge in [0.2, 0.25) is 5.78 Å². The summed E-state index contributed by atoms with van der Waals surface area (Å²) in [5.74, 6) is -1.74. The predicted molar refractivity (Wildman–Crippen MR) is 147 cm³/mol. The van der Waals surface area contributed by atoms with Crippen LogP contribution in [-0.2, 0) is 21.6 Å². The number of hydrogen-bond donors (Lipinski definition) is 1. The lowest BCUT2D eigenvalue weighted by Gasteiger charge is -2.36. The van der Waals surface area contributed by atoms with E-state index in [0.29, 0.717) is 16.8 Å². The fraction of sp³-hybridized carbons (Fsp3) is 0.226. The van der Waals surface area contributed by atoms with Crippen molar-refractivity contribution in [1.82, 2.24) is 14.9 Å². The number of methoxy groups -OCH3 is 1. The number of nitrogens with one attached hydrogen (secondary N) is 1. The van der Waals surface area contributed by atoms with Gasteiger partial charge in [-0.25, -0.2) is 9.78 Å². The van der Waals surface area contributed by atoms with Gasteiger partial charge < -0.3 is 19.5 Å². The average Bonchev–Trinajstić information content (AvgIpc) is 3.54. The zero-order chi connectivity index (χ0) is 27.6. The van der Waals surface area contributed by atoms with Crippen molar-refractivity contribution >= 4 is 23.5 Å². The van der Waals surface area contributed by atoms with Gasteiger partial charge in [0, 0.05) is 24.0 Å². The number of nitrogens with zero attached hydrogens (tertiary/aromatic N) is 3. The minimum absolute atomic E-state index is 0.0477. The number of ether oxygens (including phenoxy) is 1. The maximum Gasteiger partial charge on any atom is 0.408 e. The van der Waals surface area contributed by atoms with Crippen LogP contribution in [0.2, 0.25) is 0 Å². The number of benzene rings is 3. The van der Waals surface area contributed by atoms with E-state index in [9.17, 15) is 14.4 Å². The van der Waals surface area contributed by atoms with Gasteiger partial charge in [0.25, 0.3) is 5.91 Å². The van der Waals surface area contributed by atoms with E-state index < -0.39 is 23.5 Å². The molecule has 0 spiro atoms. The number of aromatic nitrogens is 2. The molecule has 2 atom stereocenters. The highest BCUT2D eigenvalue weighted by atomic mass is 16.5. The Balaban J connectivity index is 1.77. The van der Waals surface area contributed by atoms with Gasteiger partial charge in [-0.05, 0) is 31.0 Å². The zero-order valence-corrected chi connectivity index (χ0v) is 22.1. The Morgan fingerprint density at radius 3 is 2.26 bits per heavy atom. The van der Waals surface area contributed by atoms with E-state index in [1.165, 1.54) is 7.11 Å². The smallest absolute Gasteiger partial charge is 0.408 e. The number of fused-ring (bicyclic) bond motifs is 1. The van der Waals surface area contributed by atoms with Crippen molar-refractivity contribution in [2.24, 2.45) is 0 Å². The second-order valence-corrected chi connectivity index (χ2v) is 9.78. The summed E-state index contributed by atoms with van der Waals surface area (Å²) in [5.41, 5.74) is 0.823. The Morgan fingerprint density at radius 2 is 1.59 bits per heavy atom. The van der Waals surface area contributed by atoms with Crippen molar-refractivity contribution in [3.63, 3.8) is 0 Å². The molecular weight excluding hydrogens is 492 g/mol. The number of Topliss-reactive ketones (excluding diaryl/α,β-unsaturated/α-hetero) is 1. The van der Waals surface area contributed by atoms with Gasteiger partial charge in [-0.1, -0.05) is 78.9 Å². The number of carbonyl (C=O) groups is 3. The van der Waals surface area contributed by atoms with E-state index in [1.807, 2.05) is 74.5 Å². The lowest BCUT2D eigenvalue weighted by Crippen LogP contribution is -2.58. The third-order valence-corrected chi connectivity index (χ3v) is 7.14. The number of rotatable bonds is 8. The molecule has 0 bridgehead atoms. The van der Waals surface area contributed by atoms with Crippen LogP contribution in [-0.4, -0.2) is 34.4 Å². The maximum absolute atomic E-state index is 14.7. The first kappa shape index (κ1) is 25.9. The number of alkyl carbamates (subject to hydrolysis) is 1. The first-order valence-corrected chi connectivity index (χ1v) is 12.8. The number of ketones is 1. The molecule has 0 saturated heterocycles. The Morgan fingerprint density at radius 1 is 0.949 bits per heavy atom. The Kier molecular flexibility index (Phi) is 7.02. The second-order valence-electron chi connectivity index (χ2n) is 9.78. The van der Waals surface area contributed by atoms with Crippen LogP contribution in [0.15, 0.2) is 97.3 Å². The maximum atomic E-state index is 14.7. The number of carbonyl (C=O) groups excluding carboxylic acids is 3. The van der Waals surface area contributed by atoms with Crippen molar-refractivity contribution < 1.29 is 19.1 Å². The Bertz CT molecular complexity index is 1500. The lowest BCUT2D eigenvalue weighted by molar-refractivity contribution is -0.125. The number of hydrogen-bond acceptors (Lipinski definition) is 5. The topological polar surface area (TPSA) is 93.5 Å². The van der Waals surface area contributed by atoms with Crippen LogP contribution in [0.3, 0.4) is 0 Å².